The predicted molar refractivity (Wildman–Crippen MR) is 102 cm³/mol. The highest BCUT2D eigenvalue weighted by atomic mass is 79.9. The summed E-state index contributed by atoms with van der Waals surface area (Å²) in [6.45, 7) is 5.82. The Balaban J connectivity index is 1.67. The summed E-state index contributed by atoms with van der Waals surface area (Å²) in [4.78, 5) is 13.7. The van der Waals surface area contributed by atoms with Crippen LogP contribution in [0.2, 0.25) is 0 Å². The fraction of sp³-hybridized carbons (Fsp3) is 0.421. The lowest BCUT2D eigenvalue weighted by Gasteiger charge is -2.14. The normalized spacial score (nSPS) is 17.4. The van der Waals surface area contributed by atoms with E-state index in [9.17, 15) is 4.79 Å². The number of Topliss-reactive ketones (excluding diaryl/α,β-unsaturated/α-hetero) is 1. The van der Waals surface area contributed by atoms with Gasteiger partial charge in [-0.05, 0) is 57.0 Å². The van der Waals surface area contributed by atoms with Crippen LogP contribution in [-0.2, 0) is 11.3 Å². The molecule has 0 bridgehead atoms. The predicted octanol–water partition coefficient (Wildman–Crippen LogP) is 5.02. The number of carbonyl (C=O) groups excluding carboxylic acids is 1. The molecule has 0 N–H and O–H groups in total. The van der Waals surface area contributed by atoms with Gasteiger partial charge < -0.3 is 9.30 Å². The Morgan fingerprint density at radius 1 is 1.33 bits per heavy atom. The molecule has 0 radical (unpaired) electrons. The van der Waals surface area contributed by atoms with E-state index in [4.69, 9.17) is 4.74 Å². The van der Waals surface area contributed by atoms with Crippen molar-refractivity contribution in [2.45, 2.75) is 44.2 Å². The maximum Gasteiger partial charge on any atom is 0.174 e. The summed E-state index contributed by atoms with van der Waals surface area (Å²) in [5.74, 6) is 0.654. The van der Waals surface area contributed by atoms with Gasteiger partial charge in [0, 0.05) is 39.5 Å². The summed E-state index contributed by atoms with van der Waals surface area (Å²) < 4.78 is 9.02. The molecule has 0 aliphatic carbocycles. The van der Waals surface area contributed by atoms with Crippen molar-refractivity contribution in [3.63, 3.8) is 0 Å². The number of benzene rings is 1. The van der Waals surface area contributed by atoms with Crippen molar-refractivity contribution in [1.82, 2.24) is 4.57 Å². The van der Waals surface area contributed by atoms with E-state index in [-0.39, 0.29) is 11.9 Å². The first kappa shape index (κ1) is 17.8. The maximum atomic E-state index is 12.6. The van der Waals surface area contributed by atoms with Crippen LogP contribution >= 0.6 is 27.7 Å². The van der Waals surface area contributed by atoms with Gasteiger partial charge in [0.1, 0.15) is 0 Å². The smallest absolute Gasteiger partial charge is 0.174 e. The quantitative estimate of drug-likeness (QED) is 0.497. The molecular formula is C19H22BrNO2S. The zero-order chi connectivity index (χ0) is 17.1. The lowest BCUT2D eigenvalue weighted by Crippen LogP contribution is -2.17. The van der Waals surface area contributed by atoms with E-state index in [1.54, 1.807) is 11.8 Å². The summed E-state index contributed by atoms with van der Waals surface area (Å²) in [6.07, 6.45) is 2.54. The number of aryl methyl sites for hydroxylation is 1. The third-order valence-corrected chi connectivity index (χ3v) is 6.01. The molecule has 0 amide bonds. The van der Waals surface area contributed by atoms with Gasteiger partial charge in [0.25, 0.3) is 0 Å². The first-order valence-electron chi connectivity index (χ1n) is 8.24. The Bertz CT molecular complexity index is 718. The zero-order valence-corrected chi connectivity index (χ0v) is 16.5. The first-order chi connectivity index (χ1) is 11.5. The minimum atomic E-state index is 0.189. The number of carbonyl (C=O) groups is 1. The lowest BCUT2D eigenvalue weighted by atomic mass is 10.2. The van der Waals surface area contributed by atoms with Gasteiger partial charge in [-0.15, -0.1) is 11.8 Å². The number of hydrogen-bond donors (Lipinski definition) is 0. The number of aromatic nitrogens is 1. The first-order valence-corrected chi connectivity index (χ1v) is 10.0. The van der Waals surface area contributed by atoms with Crippen LogP contribution < -0.4 is 0 Å². The largest absolute Gasteiger partial charge is 0.376 e. The monoisotopic (exact) mass is 407 g/mol. The average molecular weight is 408 g/mol. The van der Waals surface area contributed by atoms with Crippen molar-refractivity contribution in [1.29, 1.82) is 0 Å². The molecule has 5 heteroatoms. The van der Waals surface area contributed by atoms with Gasteiger partial charge in [-0.1, -0.05) is 15.9 Å². The Morgan fingerprint density at radius 2 is 2.08 bits per heavy atom. The van der Waals surface area contributed by atoms with Gasteiger partial charge >= 0.3 is 0 Å². The third-order valence-electron chi connectivity index (χ3n) is 4.47. The molecule has 0 unspecified atom stereocenters. The number of halogens is 1. The molecule has 1 aromatic heterocycles. The minimum Gasteiger partial charge on any atom is -0.376 e. The summed E-state index contributed by atoms with van der Waals surface area (Å²) >= 11 is 5.01. The molecule has 1 saturated heterocycles. The van der Waals surface area contributed by atoms with Gasteiger partial charge in [-0.2, -0.15) is 0 Å². The lowest BCUT2D eigenvalue weighted by molar-refractivity contribution is 0.0957. The van der Waals surface area contributed by atoms with Crippen molar-refractivity contribution in [2.24, 2.45) is 0 Å². The molecule has 1 fully saturated rings. The van der Waals surface area contributed by atoms with E-state index < -0.39 is 0 Å². The van der Waals surface area contributed by atoms with Crippen LogP contribution in [0.5, 0.6) is 0 Å². The van der Waals surface area contributed by atoms with E-state index in [0.717, 1.165) is 52.3 Å². The zero-order valence-electron chi connectivity index (χ0n) is 14.0. The number of thioether (sulfide) groups is 1. The molecule has 1 atom stereocenters. The van der Waals surface area contributed by atoms with Crippen LogP contribution in [0.4, 0.5) is 0 Å². The Labute approximate surface area is 155 Å². The molecule has 3 nitrogen and oxygen atoms in total. The summed E-state index contributed by atoms with van der Waals surface area (Å²) in [7, 11) is 0. The number of rotatable bonds is 6. The van der Waals surface area contributed by atoms with Crippen molar-refractivity contribution in [3.05, 3.63) is 51.8 Å². The molecule has 0 spiro atoms. The fourth-order valence-electron chi connectivity index (χ4n) is 3.11. The van der Waals surface area contributed by atoms with Gasteiger partial charge in [-0.3, -0.25) is 4.79 Å². The van der Waals surface area contributed by atoms with E-state index in [0.29, 0.717) is 5.75 Å². The second-order valence-electron chi connectivity index (χ2n) is 6.20. The molecule has 2 aromatic rings. The Morgan fingerprint density at radius 3 is 2.75 bits per heavy atom. The van der Waals surface area contributed by atoms with Crippen LogP contribution in [-0.4, -0.2) is 28.8 Å². The molecule has 1 aliphatic heterocycles. The van der Waals surface area contributed by atoms with Crippen LogP contribution in [0.15, 0.2) is 39.7 Å². The highest BCUT2D eigenvalue weighted by molar-refractivity contribution is 9.10. The van der Waals surface area contributed by atoms with Crippen molar-refractivity contribution < 1.29 is 9.53 Å². The highest BCUT2D eigenvalue weighted by Gasteiger charge is 2.21. The molecular weight excluding hydrogens is 386 g/mol. The number of hydrogen-bond acceptors (Lipinski definition) is 3. The van der Waals surface area contributed by atoms with Crippen LogP contribution in [0.25, 0.3) is 0 Å². The third kappa shape index (κ3) is 4.13. The topological polar surface area (TPSA) is 31.2 Å². The Hall–Kier alpha value is -1.04. The van der Waals surface area contributed by atoms with Gasteiger partial charge in [0.2, 0.25) is 0 Å². The second kappa shape index (κ2) is 7.89. The minimum absolute atomic E-state index is 0.189. The van der Waals surface area contributed by atoms with Crippen LogP contribution in [0, 0.1) is 13.8 Å². The van der Waals surface area contributed by atoms with Crippen LogP contribution in [0.1, 0.15) is 34.6 Å². The number of ether oxygens (including phenoxy) is 1. The molecule has 1 aromatic carbocycles. The Kier molecular flexibility index (Phi) is 5.85. The SMILES string of the molecule is Cc1cc(C(=O)CSc2ccc(Br)cc2)c(C)n1C[C@@H]1CCCO1. The van der Waals surface area contributed by atoms with Gasteiger partial charge in [0.05, 0.1) is 11.9 Å². The molecule has 128 valence electrons. The average Bonchev–Trinajstić information content (AvgIpc) is 3.18. The molecule has 0 saturated carbocycles. The van der Waals surface area contributed by atoms with E-state index in [1.165, 1.54) is 0 Å². The summed E-state index contributed by atoms with van der Waals surface area (Å²) in [6, 6.07) is 10.1. The molecule has 3 rings (SSSR count). The van der Waals surface area contributed by atoms with Gasteiger partial charge in [0.15, 0.2) is 5.78 Å². The summed E-state index contributed by atoms with van der Waals surface area (Å²) in [5.41, 5.74) is 3.04. The second-order valence-corrected chi connectivity index (χ2v) is 8.16. The molecule has 24 heavy (non-hydrogen) atoms. The standard InChI is InChI=1S/C19H22BrNO2S/c1-13-10-18(14(2)21(13)11-16-4-3-9-23-16)19(22)12-24-17-7-5-15(20)6-8-17/h5-8,10,16H,3-4,9,11-12H2,1-2H3/t16-/m0/s1. The van der Waals surface area contributed by atoms with Crippen molar-refractivity contribution in [2.75, 3.05) is 12.4 Å². The molecule has 2 heterocycles. The molecule has 1 aliphatic rings. The fourth-order valence-corrected chi connectivity index (χ4v) is 4.16. The highest BCUT2D eigenvalue weighted by Crippen LogP contribution is 2.24. The van der Waals surface area contributed by atoms with Crippen LogP contribution in [0.3, 0.4) is 0 Å². The van der Waals surface area contributed by atoms with E-state index >= 15 is 0 Å². The van der Waals surface area contributed by atoms with E-state index in [1.807, 2.05) is 37.3 Å². The van der Waals surface area contributed by atoms with Gasteiger partial charge in [-0.25, -0.2) is 0 Å². The van der Waals surface area contributed by atoms with Crippen molar-refractivity contribution in [3.8, 4) is 0 Å². The number of nitrogens with zero attached hydrogens (tertiary/aromatic N) is 1. The maximum absolute atomic E-state index is 12.6. The van der Waals surface area contributed by atoms with E-state index in [2.05, 4.69) is 27.4 Å². The van der Waals surface area contributed by atoms with Crippen molar-refractivity contribution >= 4 is 33.5 Å². The number of ketones is 1. The summed E-state index contributed by atoms with van der Waals surface area (Å²) in [5, 5.41) is 0.